The predicted octanol–water partition coefficient (Wildman–Crippen LogP) is 4.58. The summed E-state index contributed by atoms with van der Waals surface area (Å²) in [4.78, 5) is 27.5. The summed E-state index contributed by atoms with van der Waals surface area (Å²) in [6, 6.07) is 7.42. The molecule has 0 radical (unpaired) electrons. The second-order valence-electron chi connectivity index (χ2n) is 6.03. The molecule has 4 nitrogen and oxygen atoms in total. The normalized spacial score (nSPS) is 11.3. The second kappa shape index (κ2) is 6.77. The van der Waals surface area contributed by atoms with Crippen molar-refractivity contribution in [2.45, 2.75) is 33.6 Å². The molecule has 126 valence electrons. The minimum Gasteiger partial charge on any atom is -0.422 e. The molecule has 0 aliphatic heterocycles. The molecule has 0 N–H and O–H groups in total. The lowest BCUT2D eigenvalue weighted by Gasteiger charge is -2.20. The molecule has 2 heterocycles. The topological polar surface area (TPSA) is 50.5 Å². The highest BCUT2D eigenvalue weighted by molar-refractivity contribution is 7.21. The largest absolute Gasteiger partial charge is 0.422 e. The van der Waals surface area contributed by atoms with Crippen LogP contribution in [0.25, 0.3) is 21.1 Å². The van der Waals surface area contributed by atoms with E-state index in [9.17, 15) is 9.59 Å². The van der Waals surface area contributed by atoms with E-state index in [4.69, 9.17) is 4.42 Å². The van der Waals surface area contributed by atoms with E-state index < -0.39 is 0 Å². The molecule has 0 aliphatic rings. The van der Waals surface area contributed by atoms with Crippen LogP contribution in [0.4, 0.5) is 0 Å². The number of rotatable bonds is 5. The molecular formula is C19H21NO3S. The van der Waals surface area contributed by atoms with Gasteiger partial charge in [-0.25, -0.2) is 4.79 Å². The van der Waals surface area contributed by atoms with Gasteiger partial charge in [-0.15, -0.1) is 11.3 Å². The molecule has 3 rings (SSSR count). The second-order valence-corrected chi connectivity index (χ2v) is 7.09. The Bertz CT molecular complexity index is 948. The highest BCUT2D eigenvalue weighted by Crippen LogP contribution is 2.31. The summed E-state index contributed by atoms with van der Waals surface area (Å²) in [6.07, 6.45) is 1.84. The van der Waals surface area contributed by atoms with Crippen molar-refractivity contribution in [1.29, 1.82) is 0 Å². The van der Waals surface area contributed by atoms with Gasteiger partial charge in [-0.3, -0.25) is 4.79 Å². The standard InChI is InChI=1S/C19H21NO3S/c1-4-8-20(9-5-2)18(21)16-11-14-17(24-16)13-10-12(3)6-7-15(13)23-19(14)22/h6-7,10-11H,4-5,8-9H2,1-3H3. The Labute approximate surface area is 144 Å². The third-order valence-electron chi connectivity index (χ3n) is 4.02. The van der Waals surface area contributed by atoms with Gasteiger partial charge in [-0.2, -0.15) is 0 Å². The number of benzene rings is 1. The average Bonchev–Trinajstić information content (AvgIpc) is 3.01. The monoisotopic (exact) mass is 343 g/mol. The summed E-state index contributed by atoms with van der Waals surface area (Å²) in [5.74, 6) is 0.0000954. The fourth-order valence-electron chi connectivity index (χ4n) is 2.92. The van der Waals surface area contributed by atoms with Gasteiger partial charge in [0.25, 0.3) is 5.91 Å². The van der Waals surface area contributed by atoms with Crippen LogP contribution in [0.2, 0.25) is 0 Å². The first-order valence-electron chi connectivity index (χ1n) is 8.31. The maximum Gasteiger partial charge on any atom is 0.345 e. The molecule has 0 bridgehead atoms. The van der Waals surface area contributed by atoms with E-state index in [-0.39, 0.29) is 11.5 Å². The van der Waals surface area contributed by atoms with Crippen molar-refractivity contribution < 1.29 is 9.21 Å². The van der Waals surface area contributed by atoms with E-state index in [0.29, 0.717) is 15.8 Å². The van der Waals surface area contributed by atoms with Gasteiger partial charge in [-0.05, 0) is 38.0 Å². The first-order chi connectivity index (χ1) is 11.5. The molecule has 0 aliphatic carbocycles. The fourth-order valence-corrected chi connectivity index (χ4v) is 4.06. The maximum atomic E-state index is 12.8. The number of hydrogen-bond acceptors (Lipinski definition) is 4. The van der Waals surface area contributed by atoms with E-state index >= 15 is 0 Å². The molecule has 5 heteroatoms. The fraction of sp³-hybridized carbons (Fsp3) is 0.368. The number of carbonyl (C=O) groups excluding carboxylic acids is 1. The Kier molecular flexibility index (Phi) is 4.71. The highest BCUT2D eigenvalue weighted by atomic mass is 32.1. The zero-order valence-corrected chi connectivity index (χ0v) is 15.0. The lowest BCUT2D eigenvalue weighted by atomic mass is 10.1. The number of carbonyl (C=O) groups is 1. The third kappa shape index (κ3) is 2.96. The van der Waals surface area contributed by atoms with Crippen LogP contribution < -0.4 is 5.63 Å². The number of aryl methyl sites for hydroxylation is 1. The summed E-state index contributed by atoms with van der Waals surface area (Å²) in [7, 11) is 0. The number of fused-ring (bicyclic) bond motifs is 3. The van der Waals surface area contributed by atoms with Crippen LogP contribution in [0.1, 0.15) is 41.9 Å². The molecule has 24 heavy (non-hydrogen) atoms. The lowest BCUT2D eigenvalue weighted by molar-refractivity contribution is 0.0760. The van der Waals surface area contributed by atoms with Crippen molar-refractivity contribution in [3.8, 4) is 0 Å². The quantitative estimate of drug-likeness (QED) is 0.637. The summed E-state index contributed by atoms with van der Waals surface area (Å²) in [5.41, 5.74) is 1.28. The third-order valence-corrected chi connectivity index (χ3v) is 5.18. The lowest BCUT2D eigenvalue weighted by Crippen LogP contribution is -2.31. The molecule has 1 aromatic carbocycles. The van der Waals surface area contributed by atoms with Gasteiger partial charge in [0.15, 0.2) is 0 Å². The van der Waals surface area contributed by atoms with Gasteiger partial charge < -0.3 is 9.32 Å². The molecule has 0 spiro atoms. The first kappa shape index (κ1) is 16.7. The van der Waals surface area contributed by atoms with Crippen molar-refractivity contribution in [3.63, 3.8) is 0 Å². The van der Waals surface area contributed by atoms with Crippen LogP contribution >= 0.6 is 11.3 Å². The van der Waals surface area contributed by atoms with Crippen LogP contribution in [0.15, 0.2) is 33.5 Å². The van der Waals surface area contributed by atoms with E-state index in [2.05, 4.69) is 13.8 Å². The van der Waals surface area contributed by atoms with Gasteiger partial charge in [-0.1, -0.05) is 25.5 Å². The Morgan fingerprint density at radius 2 is 1.83 bits per heavy atom. The van der Waals surface area contributed by atoms with Gasteiger partial charge in [0.2, 0.25) is 0 Å². The number of hydrogen-bond donors (Lipinski definition) is 0. The first-order valence-corrected chi connectivity index (χ1v) is 9.13. The molecule has 0 saturated carbocycles. The number of amides is 1. The van der Waals surface area contributed by atoms with Gasteiger partial charge >= 0.3 is 5.63 Å². The van der Waals surface area contributed by atoms with Crippen LogP contribution in [-0.4, -0.2) is 23.9 Å². The number of nitrogens with zero attached hydrogens (tertiary/aromatic N) is 1. The van der Waals surface area contributed by atoms with Gasteiger partial charge in [0.1, 0.15) is 5.58 Å². The zero-order chi connectivity index (χ0) is 17.3. The van der Waals surface area contributed by atoms with Crippen LogP contribution in [0.5, 0.6) is 0 Å². The summed E-state index contributed by atoms with van der Waals surface area (Å²) >= 11 is 1.39. The minimum atomic E-state index is -0.380. The summed E-state index contributed by atoms with van der Waals surface area (Å²) in [6.45, 7) is 7.59. The Morgan fingerprint density at radius 1 is 1.12 bits per heavy atom. The zero-order valence-electron chi connectivity index (χ0n) is 14.2. The molecule has 2 aromatic heterocycles. The Balaban J connectivity index is 2.15. The van der Waals surface area contributed by atoms with Crippen molar-refractivity contribution in [3.05, 3.63) is 45.1 Å². The van der Waals surface area contributed by atoms with Gasteiger partial charge in [0, 0.05) is 18.5 Å². The van der Waals surface area contributed by atoms with Crippen LogP contribution in [0.3, 0.4) is 0 Å². The van der Waals surface area contributed by atoms with E-state index in [1.54, 1.807) is 6.07 Å². The van der Waals surface area contributed by atoms with Crippen LogP contribution in [0, 0.1) is 6.92 Å². The SMILES string of the molecule is CCCN(CCC)C(=O)c1cc2c(=O)oc3ccc(C)cc3c2s1. The Hall–Kier alpha value is -2.14. The molecule has 0 fully saturated rings. The average molecular weight is 343 g/mol. The molecule has 1 amide bonds. The Morgan fingerprint density at radius 3 is 2.50 bits per heavy atom. The predicted molar refractivity (Wildman–Crippen MR) is 99.1 cm³/mol. The van der Waals surface area contributed by atoms with E-state index in [1.165, 1.54) is 11.3 Å². The van der Waals surface area contributed by atoms with Gasteiger partial charge in [0.05, 0.1) is 15.0 Å². The highest BCUT2D eigenvalue weighted by Gasteiger charge is 2.20. The van der Waals surface area contributed by atoms with Crippen molar-refractivity contribution in [1.82, 2.24) is 4.90 Å². The van der Waals surface area contributed by atoms with E-state index in [1.807, 2.05) is 30.0 Å². The molecule has 0 unspecified atom stereocenters. The van der Waals surface area contributed by atoms with Crippen molar-refractivity contribution in [2.75, 3.05) is 13.1 Å². The molecule has 0 atom stereocenters. The summed E-state index contributed by atoms with van der Waals surface area (Å²) < 4.78 is 6.24. The van der Waals surface area contributed by atoms with Crippen LogP contribution in [-0.2, 0) is 0 Å². The summed E-state index contributed by atoms with van der Waals surface area (Å²) in [5, 5.41) is 1.39. The van der Waals surface area contributed by atoms with Crippen molar-refractivity contribution >= 4 is 38.3 Å². The molecule has 3 aromatic rings. The maximum absolute atomic E-state index is 12.8. The smallest absolute Gasteiger partial charge is 0.345 e. The molecule has 0 saturated heterocycles. The molecular weight excluding hydrogens is 322 g/mol. The van der Waals surface area contributed by atoms with E-state index in [0.717, 1.165) is 41.6 Å². The minimum absolute atomic E-state index is 0.0000954. The van der Waals surface area contributed by atoms with Crippen molar-refractivity contribution in [2.24, 2.45) is 0 Å². The number of thiophene rings is 1.